The van der Waals surface area contributed by atoms with E-state index in [1.807, 2.05) is 28.8 Å². The molecule has 4 N–H and O–H groups in total. The molecule has 1 aliphatic carbocycles. The van der Waals surface area contributed by atoms with Gasteiger partial charge in [0, 0.05) is 16.8 Å². The van der Waals surface area contributed by atoms with Crippen molar-refractivity contribution in [3.05, 3.63) is 76.9 Å². The number of fused-ring (bicyclic) bond motifs is 3. The Balaban J connectivity index is 1.77. The normalized spacial score (nSPS) is 15.5. The molecule has 3 aromatic rings. The van der Waals surface area contributed by atoms with Crippen LogP contribution in [0, 0.1) is 0 Å². The van der Waals surface area contributed by atoms with Gasteiger partial charge in [-0.05, 0) is 42.5 Å². The molecule has 6 heteroatoms. The second kappa shape index (κ2) is 5.81. The number of nitrogens with two attached hydrogens (primary N) is 2. The number of aliphatic imine (C=N–C) groups is 1. The highest BCUT2D eigenvalue weighted by atomic mass is 16.1. The van der Waals surface area contributed by atoms with Crippen molar-refractivity contribution in [1.29, 1.82) is 0 Å². The van der Waals surface area contributed by atoms with Crippen molar-refractivity contribution in [2.24, 2.45) is 10.7 Å². The summed E-state index contributed by atoms with van der Waals surface area (Å²) in [4.78, 5) is 20.9. The number of benzene rings is 2. The number of amides is 1. The lowest BCUT2D eigenvalue weighted by molar-refractivity contribution is 0.0995. The lowest BCUT2D eigenvalue weighted by Crippen LogP contribution is -2.14. The molecule has 134 valence electrons. The van der Waals surface area contributed by atoms with Crippen molar-refractivity contribution < 1.29 is 4.79 Å². The summed E-state index contributed by atoms with van der Waals surface area (Å²) in [6.07, 6.45) is 4.10. The van der Waals surface area contributed by atoms with Crippen LogP contribution in [0.15, 0.2) is 53.8 Å². The molecule has 0 bridgehead atoms. The number of anilines is 1. The summed E-state index contributed by atoms with van der Waals surface area (Å²) in [5.41, 5.74) is 18.4. The summed E-state index contributed by atoms with van der Waals surface area (Å²) in [5, 5.41) is 0. The van der Waals surface area contributed by atoms with Gasteiger partial charge in [-0.3, -0.25) is 14.4 Å². The SMILES string of the molecule is NC(=O)c1ncn2c1CN=C(c1ccccc1N)c1cc(C3CC3)ccc1-2. The molecule has 1 saturated carbocycles. The topological polar surface area (TPSA) is 99.3 Å². The quantitative estimate of drug-likeness (QED) is 0.705. The Morgan fingerprint density at radius 2 is 1.93 bits per heavy atom. The van der Waals surface area contributed by atoms with E-state index in [2.05, 4.69) is 23.2 Å². The molecule has 5 rings (SSSR count). The lowest BCUT2D eigenvalue weighted by Gasteiger charge is -2.14. The Morgan fingerprint density at radius 3 is 2.67 bits per heavy atom. The zero-order valence-corrected chi connectivity index (χ0v) is 14.7. The Hall–Kier alpha value is -3.41. The van der Waals surface area contributed by atoms with Crippen LogP contribution in [0.5, 0.6) is 0 Å². The Labute approximate surface area is 156 Å². The summed E-state index contributed by atoms with van der Waals surface area (Å²) in [5.74, 6) is 0.0779. The first kappa shape index (κ1) is 15.8. The van der Waals surface area contributed by atoms with Gasteiger partial charge in [-0.2, -0.15) is 0 Å². The average Bonchev–Trinajstić information content (AvgIpc) is 3.45. The van der Waals surface area contributed by atoms with Crippen molar-refractivity contribution in [3.8, 4) is 5.69 Å². The van der Waals surface area contributed by atoms with Gasteiger partial charge in [-0.1, -0.05) is 24.3 Å². The predicted molar refractivity (Wildman–Crippen MR) is 104 cm³/mol. The molecule has 1 fully saturated rings. The monoisotopic (exact) mass is 357 g/mol. The number of nitrogens with zero attached hydrogens (tertiary/aromatic N) is 3. The van der Waals surface area contributed by atoms with E-state index < -0.39 is 5.91 Å². The van der Waals surface area contributed by atoms with E-state index >= 15 is 0 Å². The first-order chi connectivity index (χ1) is 13.1. The minimum atomic E-state index is -0.544. The van der Waals surface area contributed by atoms with Crippen molar-refractivity contribution in [3.63, 3.8) is 0 Å². The summed E-state index contributed by atoms with van der Waals surface area (Å²) >= 11 is 0. The fraction of sp³-hybridized carbons (Fsp3) is 0.190. The van der Waals surface area contributed by atoms with Gasteiger partial charge in [0.2, 0.25) is 0 Å². The van der Waals surface area contributed by atoms with Gasteiger partial charge in [0.15, 0.2) is 5.69 Å². The first-order valence-electron chi connectivity index (χ1n) is 9.03. The zero-order chi connectivity index (χ0) is 18.5. The lowest BCUT2D eigenvalue weighted by atomic mass is 9.96. The number of rotatable bonds is 3. The molecular formula is C21H19N5O. The van der Waals surface area contributed by atoms with E-state index in [1.165, 1.54) is 18.4 Å². The molecule has 0 atom stereocenters. The Bertz CT molecular complexity index is 1110. The molecule has 0 spiro atoms. The van der Waals surface area contributed by atoms with E-state index in [1.54, 1.807) is 6.33 Å². The van der Waals surface area contributed by atoms with Crippen LogP contribution in [-0.4, -0.2) is 21.2 Å². The summed E-state index contributed by atoms with van der Waals surface area (Å²) in [6, 6.07) is 14.2. The zero-order valence-electron chi connectivity index (χ0n) is 14.7. The maximum atomic E-state index is 11.8. The number of para-hydroxylation sites is 1. The van der Waals surface area contributed by atoms with Crippen LogP contribution in [0.1, 0.15) is 51.6 Å². The molecule has 1 amide bonds. The van der Waals surface area contributed by atoms with Gasteiger partial charge in [0.25, 0.3) is 5.91 Å². The van der Waals surface area contributed by atoms with Crippen LogP contribution in [0.25, 0.3) is 5.69 Å². The minimum absolute atomic E-state index is 0.262. The van der Waals surface area contributed by atoms with Crippen LogP contribution in [0.3, 0.4) is 0 Å². The maximum absolute atomic E-state index is 11.8. The molecule has 27 heavy (non-hydrogen) atoms. The fourth-order valence-electron chi connectivity index (χ4n) is 3.74. The molecular weight excluding hydrogens is 338 g/mol. The number of primary amides is 1. The molecule has 1 aliphatic heterocycles. The van der Waals surface area contributed by atoms with Gasteiger partial charge in [0.1, 0.15) is 6.33 Å². The van der Waals surface area contributed by atoms with Crippen molar-refractivity contribution in [1.82, 2.24) is 9.55 Å². The smallest absolute Gasteiger partial charge is 0.269 e. The van der Waals surface area contributed by atoms with Crippen LogP contribution >= 0.6 is 0 Å². The van der Waals surface area contributed by atoms with Gasteiger partial charge < -0.3 is 11.5 Å². The summed E-state index contributed by atoms with van der Waals surface area (Å²) in [6.45, 7) is 0.315. The molecule has 0 unspecified atom stereocenters. The van der Waals surface area contributed by atoms with Crippen molar-refractivity contribution >= 4 is 17.3 Å². The van der Waals surface area contributed by atoms with Crippen LogP contribution < -0.4 is 11.5 Å². The van der Waals surface area contributed by atoms with E-state index in [0.717, 1.165) is 22.5 Å². The fourth-order valence-corrected chi connectivity index (χ4v) is 3.74. The van der Waals surface area contributed by atoms with E-state index in [0.29, 0.717) is 23.8 Å². The summed E-state index contributed by atoms with van der Waals surface area (Å²) in [7, 11) is 0. The van der Waals surface area contributed by atoms with E-state index in [-0.39, 0.29) is 5.69 Å². The van der Waals surface area contributed by atoms with E-state index in [4.69, 9.17) is 16.5 Å². The third-order valence-electron chi connectivity index (χ3n) is 5.29. The largest absolute Gasteiger partial charge is 0.398 e. The Kier molecular flexibility index (Phi) is 3.40. The highest BCUT2D eigenvalue weighted by Crippen LogP contribution is 2.41. The molecule has 6 nitrogen and oxygen atoms in total. The van der Waals surface area contributed by atoms with Gasteiger partial charge in [-0.25, -0.2) is 4.98 Å². The molecule has 2 aliphatic rings. The third-order valence-corrected chi connectivity index (χ3v) is 5.29. The minimum Gasteiger partial charge on any atom is -0.398 e. The van der Waals surface area contributed by atoms with Gasteiger partial charge in [-0.15, -0.1) is 0 Å². The molecule has 1 aromatic heterocycles. The van der Waals surface area contributed by atoms with Crippen LogP contribution in [0.2, 0.25) is 0 Å². The average molecular weight is 357 g/mol. The Morgan fingerprint density at radius 1 is 1.11 bits per heavy atom. The molecule has 0 radical (unpaired) electrons. The molecule has 2 heterocycles. The standard InChI is InChI=1S/C21H19N5O/c22-16-4-2-1-3-14(16)19-15-9-13(12-5-6-12)7-8-17(15)26-11-25-20(21(23)27)18(26)10-24-19/h1-4,7-9,11-12H,5-6,10,22H2,(H2,23,27). The molecule has 0 saturated heterocycles. The van der Waals surface area contributed by atoms with Gasteiger partial charge >= 0.3 is 0 Å². The van der Waals surface area contributed by atoms with Crippen LogP contribution in [0.4, 0.5) is 5.69 Å². The second-order valence-corrected chi connectivity index (χ2v) is 7.08. The number of nitrogen functional groups attached to an aromatic ring is 1. The third kappa shape index (κ3) is 2.52. The first-order valence-corrected chi connectivity index (χ1v) is 9.03. The maximum Gasteiger partial charge on any atom is 0.269 e. The highest BCUT2D eigenvalue weighted by molar-refractivity contribution is 6.18. The number of hydrogen-bond acceptors (Lipinski definition) is 4. The highest BCUT2D eigenvalue weighted by Gasteiger charge is 2.28. The van der Waals surface area contributed by atoms with Gasteiger partial charge in [0.05, 0.1) is 23.6 Å². The van der Waals surface area contributed by atoms with E-state index in [9.17, 15) is 4.79 Å². The van der Waals surface area contributed by atoms with Crippen molar-refractivity contribution in [2.75, 3.05) is 5.73 Å². The number of carbonyl (C=O) groups is 1. The second-order valence-electron chi connectivity index (χ2n) is 7.08. The molecule has 2 aromatic carbocycles. The number of hydrogen-bond donors (Lipinski definition) is 2. The predicted octanol–water partition coefficient (Wildman–Crippen LogP) is 2.78. The van der Waals surface area contributed by atoms with Crippen LogP contribution in [-0.2, 0) is 6.54 Å². The number of imidazole rings is 1. The van der Waals surface area contributed by atoms with Crippen molar-refractivity contribution in [2.45, 2.75) is 25.3 Å². The summed E-state index contributed by atoms with van der Waals surface area (Å²) < 4.78 is 1.92. The number of carbonyl (C=O) groups excluding carboxylic acids is 1. The number of aromatic nitrogens is 2.